The van der Waals surface area contributed by atoms with Crippen LogP contribution in [0.4, 0.5) is 8.78 Å². The topological polar surface area (TPSA) is 32.3 Å². The Labute approximate surface area is 125 Å². The molecule has 2 unspecified atom stereocenters. The van der Waals surface area contributed by atoms with Crippen LogP contribution in [-0.2, 0) is 4.79 Å². The van der Waals surface area contributed by atoms with Gasteiger partial charge in [0.2, 0.25) is 5.91 Å². The van der Waals surface area contributed by atoms with Gasteiger partial charge in [0, 0.05) is 18.0 Å². The molecule has 5 heteroatoms. The quantitative estimate of drug-likeness (QED) is 0.839. The van der Waals surface area contributed by atoms with Crippen molar-refractivity contribution in [1.82, 2.24) is 10.2 Å². The molecule has 0 spiro atoms. The molecule has 0 aromatic heterocycles. The third kappa shape index (κ3) is 4.77. The number of nitrogens with one attached hydrogen (secondary N) is 1. The molecule has 1 N–H and O–H groups in total. The van der Waals surface area contributed by atoms with Gasteiger partial charge in [-0.3, -0.25) is 4.79 Å². The van der Waals surface area contributed by atoms with Crippen LogP contribution in [0, 0.1) is 17.6 Å². The smallest absolute Gasteiger partial charge is 0.222 e. The van der Waals surface area contributed by atoms with Gasteiger partial charge in [0.15, 0.2) is 0 Å². The molecular formula is C16H24F2N2O. The number of hydrogen-bond acceptors (Lipinski definition) is 2. The Kier molecular flexibility index (Phi) is 6.75. The van der Waals surface area contributed by atoms with Crippen molar-refractivity contribution in [3.8, 4) is 0 Å². The van der Waals surface area contributed by atoms with Gasteiger partial charge in [0.1, 0.15) is 11.6 Å². The van der Waals surface area contributed by atoms with Crippen molar-refractivity contribution in [2.45, 2.75) is 32.7 Å². The number of likely N-dealkylation sites (N-methyl/N-ethyl adjacent to an activating group) is 1. The summed E-state index contributed by atoms with van der Waals surface area (Å²) in [4.78, 5) is 13.6. The first-order valence-corrected chi connectivity index (χ1v) is 7.26. The Hall–Kier alpha value is -1.49. The van der Waals surface area contributed by atoms with Gasteiger partial charge in [-0.2, -0.15) is 0 Å². The Morgan fingerprint density at radius 2 is 1.86 bits per heavy atom. The van der Waals surface area contributed by atoms with Crippen LogP contribution < -0.4 is 5.32 Å². The molecule has 1 aromatic rings. The lowest BCUT2D eigenvalue weighted by atomic mass is 10.0. The summed E-state index contributed by atoms with van der Waals surface area (Å²) < 4.78 is 27.8. The fraction of sp³-hybridized carbons (Fsp3) is 0.562. The number of halogens is 2. The minimum atomic E-state index is -0.593. The predicted octanol–water partition coefficient (Wildman–Crippen LogP) is 3.12. The fourth-order valence-electron chi connectivity index (χ4n) is 2.31. The van der Waals surface area contributed by atoms with E-state index in [1.165, 1.54) is 18.2 Å². The zero-order valence-electron chi connectivity index (χ0n) is 13.1. The van der Waals surface area contributed by atoms with E-state index in [2.05, 4.69) is 5.32 Å². The molecule has 21 heavy (non-hydrogen) atoms. The first-order chi connectivity index (χ1) is 9.88. The van der Waals surface area contributed by atoms with E-state index < -0.39 is 17.7 Å². The normalized spacial score (nSPS) is 14.0. The van der Waals surface area contributed by atoms with Gasteiger partial charge in [0.25, 0.3) is 0 Å². The van der Waals surface area contributed by atoms with Gasteiger partial charge in [-0.05, 0) is 32.6 Å². The Morgan fingerprint density at radius 1 is 1.29 bits per heavy atom. The van der Waals surface area contributed by atoms with Crippen LogP contribution in [0.25, 0.3) is 0 Å². The van der Waals surface area contributed by atoms with Crippen molar-refractivity contribution in [1.29, 1.82) is 0 Å². The summed E-state index contributed by atoms with van der Waals surface area (Å²) in [5.74, 6) is -1.36. The third-order valence-electron chi connectivity index (χ3n) is 3.60. The summed E-state index contributed by atoms with van der Waals surface area (Å²) in [6.07, 6.45) is 1.72. The minimum absolute atomic E-state index is 0.00838. The number of hydrogen-bond donors (Lipinski definition) is 1. The fourth-order valence-corrected chi connectivity index (χ4v) is 2.31. The van der Waals surface area contributed by atoms with Crippen molar-refractivity contribution in [3.63, 3.8) is 0 Å². The van der Waals surface area contributed by atoms with Crippen molar-refractivity contribution >= 4 is 5.91 Å². The second-order valence-corrected chi connectivity index (χ2v) is 5.55. The van der Waals surface area contributed by atoms with Crippen LogP contribution in [0.3, 0.4) is 0 Å². The number of carbonyl (C=O) groups is 1. The van der Waals surface area contributed by atoms with Crippen LogP contribution in [0.1, 0.15) is 38.3 Å². The van der Waals surface area contributed by atoms with Gasteiger partial charge in [-0.15, -0.1) is 0 Å². The van der Waals surface area contributed by atoms with E-state index in [1.807, 2.05) is 13.8 Å². The van der Waals surface area contributed by atoms with Gasteiger partial charge >= 0.3 is 0 Å². The first-order valence-electron chi connectivity index (χ1n) is 7.26. The summed E-state index contributed by atoms with van der Waals surface area (Å²) in [5, 5.41) is 2.79. The number of amides is 1. The molecule has 1 amide bonds. The molecule has 0 aliphatic heterocycles. The highest BCUT2D eigenvalue weighted by Crippen LogP contribution is 2.24. The molecule has 0 bridgehead atoms. The molecule has 3 nitrogen and oxygen atoms in total. The van der Waals surface area contributed by atoms with Crippen LogP contribution >= 0.6 is 0 Å². The molecule has 0 saturated heterocycles. The van der Waals surface area contributed by atoms with Gasteiger partial charge in [-0.1, -0.05) is 26.3 Å². The summed E-state index contributed by atoms with van der Waals surface area (Å²) in [6, 6.07) is 3.26. The average molecular weight is 298 g/mol. The molecule has 0 heterocycles. The predicted molar refractivity (Wildman–Crippen MR) is 79.9 cm³/mol. The van der Waals surface area contributed by atoms with Crippen molar-refractivity contribution in [3.05, 3.63) is 35.4 Å². The summed E-state index contributed by atoms with van der Waals surface area (Å²) in [7, 11) is 3.47. The number of rotatable bonds is 7. The molecule has 2 atom stereocenters. The standard InChI is InChI=1S/C16H24F2N2O/c1-5-7-11(2)16(21)19-10-14(20(3)4)15-12(17)8-6-9-13(15)18/h6,8-9,11,14H,5,7,10H2,1-4H3,(H,19,21). The van der Waals surface area contributed by atoms with E-state index in [0.29, 0.717) is 0 Å². The van der Waals surface area contributed by atoms with Crippen molar-refractivity contribution in [2.75, 3.05) is 20.6 Å². The Balaban J connectivity index is 2.82. The molecule has 0 aliphatic carbocycles. The minimum Gasteiger partial charge on any atom is -0.354 e. The van der Waals surface area contributed by atoms with Crippen LogP contribution in [-0.4, -0.2) is 31.4 Å². The van der Waals surface area contributed by atoms with Crippen molar-refractivity contribution < 1.29 is 13.6 Å². The number of benzene rings is 1. The lowest BCUT2D eigenvalue weighted by molar-refractivity contribution is -0.124. The summed E-state index contributed by atoms with van der Waals surface area (Å²) in [5.41, 5.74) is -0.00838. The summed E-state index contributed by atoms with van der Waals surface area (Å²) in [6.45, 7) is 4.05. The van der Waals surface area contributed by atoms with Crippen molar-refractivity contribution in [2.24, 2.45) is 5.92 Å². The van der Waals surface area contributed by atoms with Gasteiger partial charge < -0.3 is 10.2 Å². The van der Waals surface area contributed by atoms with Gasteiger partial charge in [0.05, 0.1) is 6.04 Å². The largest absolute Gasteiger partial charge is 0.354 e. The molecule has 0 fully saturated rings. The Bertz CT molecular complexity index is 457. The van der Waals surface area contributed by atoms with E-state index >= 15 is 0 Å². The highest BCUT2D eigenvalue weighted by Gasteiger charge is 2.23. The number of nitrogens with zero attached hydrogens (tertiary/aromatic N) is 1. The lowest BCUT2D eigenvalue weighted by Gasteiger charge is -2.26. The average Bonchev–Trinajstić information content (AvgIpc) is 2.41. The zero-order chi connectivity index (χ0) is 16.0. The van der Waals surface area contributed by atoms with E-state index in [0.717, 1.165) is 12.8 Å². The molecule has 118 valence electrons. The first kappa shape index (κ1) is 17.6. The lowest BCUT2D eigenvalue weighted by Crippen LogP contribution is -2.37. The second kappa shape index (κ2) is 8.08. The number of carbonyl (C=O) groups excluding carboxylic acids is 1. The molecule has 0 aliphatic rings. The monoisotopic (exact) mass is 298 g/mol. The molecule has 1 rings (SSSR count). The highest BCUT2D eigenvalue weighted by molar-refractivity contribution is 5.78. The van der Waals surface area contributed by atoms with Crippen LogP contribution in [0.15, 0.2) is 18.2 Å². The van der Waals surface area contributed by atoms with E-state index in [1.54, 1.807) is 19.0 Å². The maximum Gasteiger partial charge on any atom is 0.222 e. The van der Waals surface area contributed by atoms with Crippen LogP contribution in [0.2, 0.25) is 0 Å². The third-order valence-corrected chi connectivity index (χ3v) is 3.60. The summed E-state index contributed by atoms with van der Waals surface area (Å²) >= 11 is 0. The van der Waals surface area contributed by atoms with Gasteiger partial charge in [-0.25, -0.2) is 8.78 Å². The maximum atomic E-state index is 13.9. The molecule has 0 radical (unpaired) electrons. The SMILES string of the molecule is CCCC(C)C(=O)NCC(c1c(F)cccc1F)N(C)C. The molecule has 0 saturated carbocycles. The highest BCUT2D eigenvalue weighted by atomic mass is 19.1. The zero-order valence-corrected chi connectivity index (χ0v) is 13.1. The van der Waals surface area contributed by atoms with E-state index in [4.69, 9.17) is 0 Å². The van der Waals surface area contributed by atoms with E-state index in [-0.39, 0.29) is 23.9 Å². The van der Waals surface area contributed by atoms with Crippen LogP contribution in [0.5, 0.6) is 0 Å². The van der Waals surface area contributed by atoms with E-state index in [9.17, 15) is 13.6 Å². The Morgan fingerprint density at radius 3 is 2.33 bits per heavy atom. The molecular weight excluding hydrogens is 274 g/mol. The second-order valence-electron chi connectivity index (χ2n) is 5.55. The maximum absolute atomic E-state index is 13.9. The molecule has 1 aromatic carbocycles.